The van der Waals surface area contributed by atoms with Crippen molar-refractivity contribution in [3.63, 3.8) is 0 Å². The molecule has 0 aromatic heterocycles. The fraction of sp³-hybridized carbons (Fsp3) is 0.778. The minimum atomic E-state index is -1.14. The number of carboxylic acids is 1. The molecule has 0 aliphatic heterocycles. The van der Waals surface area contributed by atoms with Crippen molar-refractivity contribution in [2.24, 2.45) is 23.5 Å². The van der Waals surface area contributed by atoms with E-state index in [2.05, 4.69) is 16.0 Å². The van der Waals surface area contributed by atoms with Crippen molar-refractivity contribution in [2.75, 3.05) is 6.54 Å². The van der Waals surface area contributed by atoms with Crippen LogP contribution < -0.4 is 21.7 Å². The van der Waals surface area contributed by atoms with Gasteiger partial charge in [-0.25, -0.2) is 4.79 Å². The number of hydrogen-bond acceptors (Lipinski definition) is 5. The average Bonchev–Trinajstić information content (AvgIpc) is 2.53. The highest BCUT2D eigenvalue weighted by Gasteiger charge is 2.30. The molecular formula is C18H34N4O5. The Morgan fingerprint density at radius 2 is 1.37 bits per heavy atom. The molecule has 0 rings (SSSR count). The van der Waals surface area contributed by atoms with E-state index in [1.165, 1.54) is 0 Å². The van der Waals surface area contributed by atoms with Crippen LogP contribution in [0.2, 0.25) is 0 Å². The molecule has 0 saturated carbocycles. The Morgan fingerprint density at radius 1 is 0.852 bits per heavy atom. The highest BCUT2D eigenvalue weighted by molar-refractivity contribution is 5.92. The van der Waals surface area contributed by atoms with Gasteiger partial charge >= 0.3 is 5.97 Å². The summed E-state index contributed by atoms with van der Waals surface area (Å²) in [5.41, 5.74) is 5.75. The third kappa shape index (κ3) is 9.37. The first-order chi connectivity index (χ1) is 12.4. The lowest BCUT2D eigenvalue weighted by Gasteiger charge is -2.25. The Bertz CT molecular complexity index is 534. The molecular weight excluding hydrogens is 352 g/mol. The Labute approximate surface area is 160 Å². The van der Waals surface area contributed by atoms with Crippen LogP contribution in [0.5, 0.6) is 0 Å². The number of amides is 3. The molecule has 0 radical (unpaired) electrons. The molecule has 3 amide bonds. The van der Waals surface area contributed by atoms with Gasteiger partial charge in [0.05, 0.1) is 12.6 Å². The van der Waals surface area contributed by atoms with Gasteiger partial charge in [-0.05, 0) is 24.2 Å². The van der Waals surface area contributed by atoms with E-state index in [1.54, 1.807) is 27.7 Å². The fourth-order valence-corrected chi connectivity index (χ4v) is 2.43. The van der Waals surface area contributed by atoms with E-state index in [-0.39, 0.29) is 24.3 Å². The second kappa shape index (κ2) is 11.5. The van der Waals surface area contributed by atoms with Crippen molar-refractivity contribution < 1.29 is 24.3 Å². The molecule has 0 aliphatic carbocycles. The van der Waals surface area contributed by atoms with Crippen LogP contribution in [0.3, 0.4) is 0 Å². The molecule has 0 spiro atoms. The topological polar surface area (TPSA) is 151 Å². The van der Waals surface area contributed by atoms with E-state index >= 15 is 0 Å². The van der Waals surface area contributed by atoms with Gasteiger partial charge in [0.1, 0.15) is 12.1 Å². The first kappa shape index (κ1) is 24.8. The van der Waals surface area contributed by atoms with E-state index in [9.17, 15) is 24.3 Å². The van der Waals surface area contributed by atoms with Crippen LogP contribution >= 0.6 is 0 Å². The van der Waals surface area contributed by atoms with Crippen molar-refractivity contribution >= 4 is 23.7 Å². The van der Waals surface area contributed by atoms with Crippen molar-refractivity contribution in [3.8, 4) is 0 Å². The van der Waals surface area contributed by atoms with E-state index in [0.29, 0.717) is 6.42 Å². The van der Waals surface area contributed by atoms with Gasteiger partial charge in [0.15, 0.2) is 0 Å². The fourth-order valence-electron chi connectivity index (χ4n) is 2.43. The van der Waals surface area contributed by atoms with Gasteiger partial charge in [0.25, 0.3) is 0 Å². The predicted octanol–water partition coefficient (Wildman–Crippen LogP) is -0.158. The molecule has 0 aliphatic rings. The number of nitrogens with one attached hydrogen (secondary N) is 3. The molecule has 3 atom stereocenters. The van der Waals surface area contributed by atoms with Crippen LogP contribution in [0.4, 0.5) is 0 Å². The standard InChI is InChI=1S/C18H34N4O5/c1-9(2)7-12(19)16(24)20-8-13(23)21-14(10(3)4)17(25)22-15(11(5)6)18(26)27/h9-12,14-15H,7-8,19H2,1-6H3,(H,20,24)(H,21,23)(H,22,25)(H,26,27)/t12-,14-,15-/m0/s1. The molecule has 0 aromatic carbocycles. The largest absolute Gasteiger partial charge is 0.480 e. The van der Waals surface area contributed by atoms with Gasteiger partial charge in [-0.2, -0.15) is 0 Å². The van der Waals surface area contributed by atoms with Crippen LogP contribution in [0.15, 0.2) is 0 Å². The number of rotatable bonds is 11. The van der Waals surface area contributed by atoms with Gasteiger partial charge < -0.3 is 26.8 Å². The van der Waals surface area contributed by atoms with Gasteiger partial charge in [-0.3, -0.25) is 14.4 Å². The van der Waals surface area contributed by atoms with Gasteiger partial charge in [0.2, 0.25) is 17.7 Å². The normalized spacial score (nSPS) is 14.6. The monoisotopic (exact) mass is 386 g/mol. The maximum Gasteiger partial charge on any atom is 0.326 e. The minimum absolute atomic E-state index is 0.247. The molecule has 9 nitrogen and oxygen atoms in total. The zero-order valence-corrected chi connectivity index (χ0v) is 17.0. The van der Waals surface area contributed by atoms with Crippen molar-refractivity contribution in [1.82, 2.24) is 16.0 Å². The summed E-state index contributed by atoms with van der Waals surface area (Å²) >= 11 is 0. The molecule has 27 heavy (non-hydrogen) atoms. The van der Waals surface area contributed by atoms with Crippen molar-refractivity contribution in [3.05, 3.63) is 0 Å². The second-order valence-corrected chi connectivity index (χ2v) is 7.81. The SMILES string of the molecule is CC(C)C[C@H](N)C(=O)NCC(=O)N[C@H](C(=O)N[C@H](C(=O)O)C(C)C)C(C)C. The number of carbonyl (C=O) groups excluding carboxylic acids is 3. The number of carbonyl (C=O) groups is 4. The summed E-state index contributed by atoms with van der Waals surface area (Å²) in [6.45, 7) is 10.4. The Morgan fingerprint density at radius 3 is 1.78 bits per heavy atom. The van der Waals surface area contributed by atoms with Gasteiger partial charge in [0, 0.05) is 0 Å². The third-order valence-corrected chi connectivity index (χ3v) is 3.98. The molecule has 0 heterocycles. The molecule has 6 N–H and O–H groups in total. The van der Waals surface area contributed by atoms with Gasteiger partial charge in [-0.15, -0.1) is 0 Å². The number of hydrogen-bond donors (Lipinski definition) is 5. The number of carboxylic acid groups (broad SMARTS) is 1. The van der Waals surface area contributed by atoms with Gasteiger partial charge in [-0.1, -0.05) is 41.5 Å². The highest BCUT2D eigenvalue weighted by Crippen LogP contribution is 2.06. The van der Waals surface area contributed by atoms with Crippen LogP contribution in [0, 0.1) is 17.8 Å². The predicted molar refractivity (Wildman–Crippen MR) is 102 cm³/mol. The molecule has 156 valence electrons. The highest BCUT2D eigenvalue weighted by atomic mass is 16.4. The smallest absolute Gasteiger partial charge is 0.326 e. The molecule has 0 saturated heterocycles. The third-order valence-electron chi connectivity index (χ3n) is 3.98. The quantitative estimate of drug-likeness (QED) is 0.333. The van der Waals surface area contributed by atoms with Crippen LogP contribution in [-0.4, -0.2) is 53.5 Å². The van der Waals surface area contributed by atoms with Crippen molar-refractivity contribution in [2.45, 2.75) is 66.1 Å². The number of nitrogens with two attached hydrogens (primary N) is 1. The van der Waals surface area contributed by atoms with E-state index in [4.69, 9.17) is 5.73 Å². The minimum Gasteiger partial charge on any atom is -0.480 e. The summed E-state index contributed by atoms with van der Waals surface area (Å²) in [7, 11) is 0. The Kier molecular flexibility index (Phi) is 10.6. The average molecular weight is 386 g/mol. The summed E-state index contributed by atoms with van der Waals surface area (Å²) in [6.07, 6.45) is 0.496. The second-order valence-electron chi connectivity index (χ2n) is 7.81. The van der Waals surface area contributed by atoms with Crippen molar-refractivity contribution in [1.29, 1.82) is 0 Å². The Hall–Kier alpha value is -2.16. The maximum absolute atomic E-state index is 12.4. The van der Waals surface area contributed by atoms with Crippen LogP contribution in [-0.2, 0) is 19.2 Å². The van der Waals surface area contributed by atoms with E-state index in [0.717, 1.165) is 0 Å². The molecule has 0 unspecified atom stereocenters. The van der Waals surface area contributed by atoms with Crippen LogP contribution in [0.1, 0.15) is 48.0 Å². The lowest BCUT2D eigenvalue weighted by molar-refractivity contribution is -0.143. The summed E-state index contributed by atoms with van der Waals surface area (Å²) < 4.78 is 0. The molecule has 0 aromatic rings. The summed E-state index contributed by atoms with van der Waals surface area (Å²) in [5.74, 6) is -3.04. The number of aliphatic carboxylic acids is 1. The Balaban J connectivity index is 4.77. The summed E-state index contributed by atoms with van der Waals surface area (Å²) in [6, 6.07) is -2.67. The first-order valence-corrected chi connectivity index (χ1v) is 9.22. The zero-order valence-electron chi connectivity index (χ0n) is 17.0. The maximum atomic E-state index is 12.4. The lowest BCUT2D eigenvalue weighted by Crippen LogP contribution is -2.56. The zero-order chi connectivity index (χ0) is 21.3. The molecule has 0 bridgehead atoms. The molecule has 0 fully saturated rings. The van der Waals surface area contributed by atoms with E-state index < -0.39 is 41.8 Å². The van der Waals surface area contributed by atoms with E-state index in [1.807, 2.05) is 13.8 Å². The summed E-state index contributed by atoms with van der Waals surface area (Å²) in [5, 5.41) is 16.6. The summed E-state index contributed by atoms with van der Waals surface area (Å²) in [4.78, 5) is 47.6. The van der Waals surface area contributed by atoms with Crippen LogP contribution in [0.25, 0.3) is 0 Å². The lowest BCUT2D eigenvalue weighted by atomic mass is 10.0. The first-order valence-electron chi connectivity index (χ1n) is 9.22. The molecule has 9 heteroatoms.